The fraction of sp³-hybridized carbons (Fsp3) is 0.909. The smallest absolute Gasteiger partial charge is 0.231 e. The predicted octanol–water partition coefficient (Wildman–Crippen LogP) is 1.23. The highest BCUT2D eigenvalue weighted by atomic mass is 16.1. The van der Waals surface area contributed by atoms with Gasteiger partial charge in [0.15, 0.2) is 0 Å². The number of primary amides is 1. The summed E-state index contributed by atoms with van der Waals surface area (Å²) >= 11 is 0. The molecule has 82 valence electrons. The molecule has 1 fully saturated rings. The maximum absolute atomic E-state index is 10.7. The van der Waals surface area contributed by atoms with E-state index in [1.54, 1.807) is 0 Å². The van der Waals surface area contributed by atoms with Crippen molar-refractivity contribution >= 4 is 5.91 Å². The number of carbonyl (C=O) groups excluding carboxylic acids is 1. The van der Waals surface area contributed by atoms with Gasteiger partial charge in [0.05, 0.1) is 6.54 Å². The predicted molar refractivity (Wildman–Crippen MR) is 57.8 cm³/mol. The van der Waals surface area contributed by atoms with Gasteiger partial charge in [-0.25, -0.2) is 0 Å². The van der Waals surface area contributed by atoms with E-state index in [-0.39, 0.29) is 5.91 Å². The number of rotatable bonds is 5. The monoisotopic (exact) mass is 198 g/mol. The Hall–Kier alpha value is -0.570. The molecular weight excluding hydrogens is 176 g/mol. The molecule has 1 rings (SSSR count). The van der Waals surface area contributed by atoms with Gasteiger partial charge < -0.3 is 5.73 Å². The van der Waals surface area contributed by atoms with Crippen LogP contribution in [0.1, 0.15) is 33.6 Å². The maximum atomic E-state index is 10.7. The van der Waals surface area contributed by atoms with E-state index in [0.29, 0.717) is 12.0 Å². The van der Waals surface area contributed by atoms with Crippen molar-refractivity contribution in [2.24, 2.45) is 17.1 Å². The maximum Gasteiger partial charge on any atom is 0.231 e. The fourth-order valence-electron chi connectivity index (χ4n) is 2.26. The highest BCUT2D eigenvalue weighted by molar-refractivity contribution is 5.76. The first-order valence-corrected chi connectivity index (χ1v) is 5.46. The summed E-state index contributed by atoms with van der Waals surface area (Å²) in [5.41, 5.74) is 5.55. The summed E-state index contributed by atoms with van der Waals surface area (Å²) in [6, 6.07) is 0. The second kappa shape index (κ2) is 4.30. The van der Waals surface area contributed by atoms with E-state index >= 15 is 0 Å². The third-order valence-corrected chi connectivity index (χ3v) is 3.34. The van der Waals surface area contributed by atoms with Crippen molar-refractivity contribution in [1.82, 2.24) is 4.90 Å². The van der Waals surface area contributed by atoms with Gasteiger partial charge in [-0.05, 0) is 17.8 Å². The molecule has 1 saturated heterocycles. The van der Waals surface area contributed by atoms with E-state index in [2.05, 4.69) is 25.7 Å². The van der Waals surface area contributed by atoms with Gasteiger partial charge in [-0.15, -0.1) is 0 Å². The first-order chi connectivity index (χ1) is 6.45. The van der Waals surface area contributed by atoms with E-state index in [0.717, 1.165) is 19.0 Å². The Balaban J connectivity index is 2.29. The van der Waals surface area contributed by atoms with Gasteiger partial charge in [-0.3, -0.25) is 9.69 Å². The van der Waals surface area contributed by atoms with Crippen molar-refractivity contribution in [2.75, 3.05) is 19.6 Å². The standard InChI is InChI=1S/C11H22N2O/c1-4-5-11(2,3)9-6-13(7-9)8-10(12)14/h9H,4-8H2,1-3H3,(H2,12,14). The second-order valence-corrected chi connectivity index (χ2v) is 5.10. The Kier molecular flexibility index (Phi) is 3.53. The Morgan fingerprint density at radius 3 is 2.50 bits per heavy atom. The van der Waals surface area contributed by atoms with Gasteiger partial charge in [-0.1, -0.05) is 27.2 Å². The lowest BCUT2D eigenvalue weighted by Crippen LogP contribution is -2.55. The first-order valence-electron chi connectivity index (χ1n) is 5.46. The molecule has 0 radical (unpaired) electrons. The average molecular weight is 198 g/mol. The molecule has 0 aromatic rings. The zero-order valence-corrected chi connectivity index (χ0v) is 9.55. The van der Waals surface area contributed by atoms with Crippen LogP contribution >= 0.6 is 0 Å². The van der Waals surface area contributed by atoms with Crippen LogP contribution in [0.3, 0.4) is 0 Å². The van der Waals surface area contributed by atoms with Gasteiger partial charge in [0.2, 0.25) is 5.91 Å². The summed E-state index contributed by atoms with van der Waals surface area (Å²) in [6.45, 7) is 9.37. The third-order valence-electron chi connectivity index (χ3n) is 3.34. The topological polar surface area (TPSA) is 46.3 Å². The van der Waals surface area contributed by atoms with Crippen LogP contribution in [-0.4, -0.2) is 30.4 Å². The molecule has 0 bridgehead atoms. The minimum absolute atomic E-state index is 0.211. The lowest BCUT2D eigenvalue weighted by molar-refractivity contribution is -0.121. The Bertz CT molecular complexity index is 207. The molecule has 0 spiro atoms. The van der Waals surface area contributed by atoms with Gasteiger partial charge in [-0.2, -0.15) is 0 Å². The SMILES string of the molecule is CCCC(C)(C)C1CN(CC(N)=O)C1. The largest absolute Gasteiger partial charge is 0.369 e. The molecule has 0 aromatic heterocycles. The van der Waals surface area contributed by atoms with Crippen LogP contribution < -0.4 is 5.73 Å². The van der Waals surface area contributed by atoms with Crippen molar-refractivity contribution in [2.45, 2.75) is 33.6 Å². The summed E-state index contributed by atoms with van der Waals surface area (Å²) in [5.74, 6) is 0.526. The van der Waals surface area contributed by atoms with E-state index in [1.807, 2.05) is 0 Å². The van der Waals surface area contributed by atoms with Crippen molar-refractivity contribution in [3.05, 3.63) is 0 Å². The Morgan fingerprint density at radius 2 is 2.07 bits per heavy atom. The molecule has 1 heterocycles. The molecule has 0 unspecified atom stereocenters. The van der Waals surface area contributed by atoms with Crippen molar-refractivity contribution in [1.29, 1.82) is 0 Å². The van der Waals surface area contributed by atoms with Crippen LogP contribution in [0.25, 0.3) is 0 Å². The summed E-state index contributed by atoms with van der Waals surface area (Å²) < 4.78 is 0. The highest BCUT2D eigenvalue weighted by Crippen LogP contribution is 2.37. The number of hydrogen-bond acceptors (Lipinski definition) is 2. The van der Waals surface area contributed by atoms with E-state index < -0.39 is 0 Å². The van der Waals surface area contributed by atoms with Crippen LogP contribution in [0, 0.1) is 11.3 Å². The van der Waals surface area contributed by atoms with E-state index in [9.17, 15) is 4.79 Å². The van der Waals surface area contributed by atoms with Crippen molar-refractivity contribution < 1.29 is 4.79 Å². The lowest BCUT2D eigenvalue weighted by Gasteiger charge is -2.47. The normalized spacial score (nSPS) is 19.4. The zero-order chi connectivity index (χ0) is 10.8. The zero-order valence-electron chi connectivity index (χ0n) is 9.55. The molecule has 3 nitrogen and oxygen atoms in total. The molecule has 0 saturated carbocycles. The number of hydrogen-bond donors (Lipinski definition) is 1. The van der Waals surface area contributed by atoms with Crippen LogP contribution in [0.15, 0.2) is 0 Å². The molecule has 1 aliphatic heterocycles. The molecule has 0 aliphatic carbocycles. The van der Waals surface area contributed by atoms with Crippen LogP contribution in [0.4, 0.5) is 0 Å². The van der Waals surface area contributed by atoms with Crippen LogP contribution in [0.2, 0.25) is 0 Å². The van der Waals surface area contributed by atoms with Crippen molar-refractivity contribution in [3.63, 3.8) is 0 Å². The second-order valence-electron chi connectivity index (χ2n) is 5.10. The van der Waals surface area contributed by atoms with Crippen molar-refractivity contribution in [3.8, 4) is 0 Å². The van der Waals surface area contributed by atoms with E-state index in [1.165, 1.54) is 12.8 Å². The Labute approximate surface area is 86.6 Å². The average Bonchev–Trinajstić information content (AvgIpc) is 1.94. The molecule has 0 atom stereocenters. The number of carbonyl (C=O) groups is 1. The quantitative estimate of drug-likeness (QED) is 0.722. The van der Waals surface area contributed by atoms with Crippen LogP contribution in [-0.2, 0) is 4.79 Å². The molecule has 1 aliphatic rings. The fourth-order valence-corrected chi connectivity index (χ4v) is 2.26. The summed E-state index contributed by atoms with van der Waals surface area (Å²) in [6.07, 6.45) is 2.50. The van der Waals surface area contributed by atoms with Gasteiger partial charge in [0, 0.05) is 13.1 Å². The highest BCUT2D eigenvalue weighted by Gasteiger charge is 2.38. The summed E-state index contributed by atoms with van der Waals surface area (Å²) in [4.78, 5) is 12.8. The molecular formula is C11H22N2O. The summed E-state index contributed by atoms with van der Waals surface area (Å²) in [5, 5.41) is 0. The summed E-state index contributed by atoms with van der Waals surface area (Å²) in [7, 11) is 0. The van der Waals surface area contributed by atoms with Crippen LogP contribution in [0.5, 0.6) is 0 Å². The minimum atomic E-state index is -0.211. The molecule has 0 aromatic carbocycles. The third kappa shape index (κ3) is 2.71. The van der Waals surface area contributed by atoms with Gasteiger partial charge in [0.25, 0.3) is 0 Å². The molecule has 1 amide bonds. The lowest BCUT2D eigenvalue weighted by atomic mass is 9.71. The number of likely N-dealkylation sites (tertiary alicyclic amines) is 1. The van der Waals surface area contributed by atoms with Gasteiger partial charge >= 0.3 is 0 Å². The molecule has 3 heteroatoms. The Morgan fingerprint density at radius 1 is 1.50 bits per heavy atom. The van der Waals surface area contributed by atoms with E-state index in [4.69, 9.17) is 5.73 Å². The molecule has 14 heavy (non-hydrogen) atoms. The molecule has 2 N–H and O–H groups in total. The number of nitrogens with zero attached hydrogens (tertiary/aromatic N) is 1. The minimum Gasteiger partial charge on any atom is -0.369 e. The number of nitrogens with two attached hydrogens (primary N) is 1. The number of amides is 1. The van der Waals surface area contributed by atoms with Gasteiger partial charge in [0.1, 0.15) is 0 Å². The first kappa shape index (κ1) is 11.5.